The third-order valence-electron chi connectivity index (χ3n) is 14.4. The molecule has 8 atom stereocenters. The Bertz CT molecular complexity index is 1540. The van der Waals surface area contributed by atoms with Crippen molar-refractivity contribution >= 4 is 23.8 Å². The minimum Gasteiger partial charge on any atom is -0.507 e. The number of cyclic esters (lactones) is 1. The van der Waals surface area contributed by atoms with Gasteiger partial charge in [-0.05, 0) is 129 Å². The number of hydrogen-bond acceptors (Lipinski definition) is 7. The van der Waals surface area contributed by atoms with E-state index < -0.39 is 11.9 Å². The van der Waals surface area contributed by atoms with Gasteiger partial charge in [0.1, 0.15) is 28.9 Å². The second-order valence-corrected chi connectivity index (χ2v) is 18.3. The number of benzene rings is 1. The van der Waals surface area contributed by atoms with Gasteiger partial charge in [0.05, 0.1) is 6.61 Å². The van der Waals surface area contributed by atoms with E-state index in [0.29, 0.717) is 49.0 Å². The molecule has 4 aliphatic carbocycles. The van der Waals surface area contributed by atoms with Crippen LogP contribution in [-0.4, -0.2) is 42.1 Å². The summed E-state index contributed by atoms with van der Waals surface area (Å²) in [5, 5.41) is 10.9. The Labute approximate surface area is 318 Å². The van der Waals surface area contributed by atoms with Crippen LogP contribution < -0.4 is 4.74 Å². The van der Waals surface area contributed by atoms with E-state index in [0.717, 1.165) is 61.7 Å². The molecule has 5 aliphatic rings. The van der Waals surface area contributed by atoms with E-state index in [4.69, 9.17) is 14.2 Å². The topological polar surface area (TPSA) is 99.1 Å². The molecule has 6 rings (SSSR count). The number of carbonyl (C=O) groups excluding carboxylic acids is 3. The van der Waals surface area contributed by atoms with Crippen LogP contribution in [0.5, 0.6) is 11.5 Å². The number of aromatic hydroxyl groups is 1. The highest BCUT2D eigenvalue weighted by molar-refractivity contribution is 5.97. The molecule has 53 heavy (non-hydrogen) atoms. The van der Waals surface area contributed by atoms with E-state index in [2.05, 4.69) is 40.7 Å². The smallest absolute Gasteiger partial charge is 0.344 e. The quantitative estimate of drug-likeness (QED) is 0.199. The highest BCUT2D eigenvalue weighted by atomic mass is 16.6. The number of hydrogen-bond donors (Lipinski definition) is 1. The SMILES string of the molecule is CC(C)CCC[C@@H](C)[C@H]1CC[C@H]2[C@@H]3CC=C4C[C@@H](OC(=O)COc5cc(O)c6c(c5)/C=C/CCCC(=O)CCCCOC6=O)CC[C@]4(C)[C@H]3CC[C@]12C. The Balaban J connectivity index is 1.05. The van der Waals surface area contributed by atoms with Gasteiger partial charge in [0, 0.05) is 25.3 Å². The zero-order chi connectivity index (χ0) is 37.8. The number of carbonyl (C=O) groups is 3. The van der Waals surface area contributed by atoms with E-state index in [1.165, 1.54) is 56.6 Å². The summed E-state index contributed by atoms with van der Waals surface area (Å²) in [5.74, 6) is 3.94. The van der Waals surface area contributed by atoms with Crippen LogP contribution in [0.15, 0.2) is 29.9 Å². The fourth-order valence-corrected chi connectivity index (χ4v) is 11.6. The average molecular weight is 731 g/mol. The van der Waals surface area contributed by atoms with E-state index in [1.54, 1.807) is 12.1 Å². The van der Waals surface area contributed by atoms with Crippen molar-refractivity contribution in [2.45, 2.75) is 150 Å². The zero-order valence-electron chi connectivity index (χ0n) is 33.3. The monoisotopic (exact) mass is 730 g/mol. The molecule has 0 unspecified atom stereocenters. The summed E-state index contributed by atoms with van der Waals surface area (Å²) in [4.78, 5) is 38.1. The van der Waals surface area contributed by atoms with Gasteiger partial charge in [-0.3, -0.25) is 4.79 Å². The summed E-state index contributed by atoms with van der Waals surface area (Å²) in [7, 11) is 0. The molecule has 7 heteroatoms. The maximum absolute atomic E-state index is 13.1. The van der Waals surface area contributed by atoms with Gasteiger partial charge in [0.15, 0.2) is 6.61 Å². The first-order valence-corrected chi connectivity index (χ1v) is 21.1. The first-order valence-electron chi connectivity index (χ1n) is 21.1. The van der Waals surface area contributed by atoms with Crippen LogP contribution in [0.1, 0.15) is 160 Å². The van der Waals surface area contributed by atoms with Crippen LogP contribution >= 0.6 is 0 Å². The molecule has 292 valence electrons. The summed E-state index contributed by atoms with van der Waals surface area (Å²) in [6.07, 6.45) is 23.1. The first-order chi connectivity index (χ1) is 25.4. The van der Waals surface area contributed by atoms with Gasteiger partial charge < -0.3 is 19.3 Å². The molecule has 1 aromatic carbocycles. The number of esters is 2. The van der Waals surface area contributed by atoms with Crippen molar-refractivity contribution in [3.63, 3.8) is 0 Å². The molecule has 7 nitrogen and oxygen atoms in total. The van der Waals surface area contributed by atoms with Gasteiger partial charge in [-0.1, -0.05) is 77.7 Å². The predicted octanol–water partition coefficient (Wildman–Crippen LogP) is 10.8. The fraction of sp³-hybridized carbons (Fsp3) is 0.717. The zero-order valence-corrected chi connectivity index (χ0v) is 33.3. The van der Waals surface area contributed by atoms with E-state index in [9.17, 15) is 19.5 Å². The van der Waals surface area contributed by atoms with E-state index >= 15 is 0 Å². The minimum atomic E-state index is -0.624. The molecule has 0 aromatic heterocycles. The van der Waals surface area contributed by atoms with E-state index in [-0.39, 0.29) is 47.6 Å². The minimum absolute atomic E-state index is 0.0690. The lowest BCUT2D eigenvalue weighted by Gasteiger charge is -2.58. The molecule has 0 saturated heterocycles. The van der Waals surface area contributed by atoms with Crippen LogP contribution in [0, 0.1) is 46.3 Å². The van der Waals surface area contributed by atoms with Crippen LogP contribution in [-0.2, 0) is 19.1 Å². The number of phenols is 1. The highest BCUT2D eigenvalue weighted by Crippen LogP contribution is 2.67. The van der Waals surface area contributed by atoms with Gasteiger partial charge in [-0.15, -0.1) is 0 Å². The maximum Gasteiger partial charge on any atom is 0.344 e. The van der Waals surface area contributed by atoms with Crippen LogP contribution in [0.3, 0.4) is 0 Å². The van der Waals surface area contributed by atoms with Crippen molar-refractivity contribution in [3.05, 3.63) is 41.0 Å². The lowest BCUT2D eigenvalue weighted by molar-refractivity contribution is -0.154. The molecule has 0 radical (unpaired) electrons. The molecule has 1 heterocycles. The largest absolute Gasteiger partial charge is 0.507 e. The lowest BCUT2D eigenvalue weighted by Crippen LogP contribution is -2.51. The van der Waals surface area contributed by atoms with Gasteiger partial charge in [0.25, 0.3) is 0 Å². The number of allylic oxidation sites excluding steroid dienone is 2. The molecule has 0 spiro atoms. The Morgan fingerprint density at radius 2 is 1.79 bits per heavy atom. The Morgan fingerprint density at radius 3 is 2.60 bits per heavy atom. The summed E-state index contributed by atoms with van der Waals surface area (Å²) in [6, 6.07) is 3.00. The molecule has 3 saturated carbocycles. The van der Waals surface area contributed by atoms with Crippen molar-refractivity contribution < 1.29 is 33.7 Å². The molecule has 1 aromatic rings. The molecule has 0 amide bonds. The van der Waals surface area contributed by atoms with Crippen LogP contribution in [0.4, 0.5) is 0 Å². The summed E-state index contributed by atoms with van der Waals surface area (Å²) >= 11 is 0. The van der Waals surface area contributed by atoms with Gasteiger partial charge in [-0.2, -0.15) is 0 Å². The molecule has 1 aliphatic heterocycles. The van der Waals surface area contributed by atoms with Crippen LogP contribution in [0.2, 0.25) is 0 Å². The predicted molar refractivity (Wildman–Crippen MR) is 209 cm³/mol. The summed E-state index contributed by atoms with van der Waals surface area (Å²) in [5.41, 5.74) is 2.66. The molecule has 0 bridgehead atoms. The Kier molecular flexibility index (Phi) is 12.8. The summed E-state index contributed by atoms with van der Waals surface area (Å²) in [6.45, 7) is 12.3. The Morgan fingerprint density at radius 1 is 0.981 bits per heavy atom. The number of fused-ring (bicyclic) bond motifs is 6. The standard InChI is InChI=1S/C46H66O7/c1-30(2)12-11-13-31(3)38-19-20-39-37-18-17-33-27-35(21-23-45(33,4)40(37)22-24-46(38,39)5)53-42(49)29-52-36-26-32-14-7-6-8-15-34(47)16-9-10-25-51-44(50)43(32)41(48)28-36/h7,14,17,26,28,30-31,35,37-40,48H,6,8-13,15-16,18-25,27,29H2,1-5H3/b14-7+/t31-,35+,37+,38-,39+,40+,45+,46-/m1/s1. The van der Waals surface area contributed by atoms with Crippen molar-refractivity contribution in [1.82, 2.24) is 0 Å². The van der Waals surface area contributed by atoms with Crippen LogP contribution in [0.25, 0.3) is 6.08 Å². The molecule has 1 N–H and O–H groups in total. The normalized spacial score (nSPS) is 33.2. The van der Waals surface area contributed by atoms with Crippen molar-refractivity contribution in [2.24, 2.45) is 46.3 Å². The highest BCUT2D eigenvalue weighted by Gasteiger charge is 2.59. The number of ketones is 1. The Hall–Kier alpha value is -3.09. The van der Waals surface area contributed by atoms with Crippen molar-refractivity contribution in [2.75, 3.05) is 13.2 Å². The maximum atomic E-state index is 13.1. The molecule has 3 fully saturated rings. The fourth-order valence-electron chi connectivity index (χ4n) is 11.6. The molecular weight excluding hydrogens is 664 g/mol. The van der Waals surface area contributed by atoms with Crippen molar-refractivity contribution in [3.8, 4) is 11.5 Å². The number of Topliss-reactive ketones (excluding diaryl/α,β-unsaturated/α-hetero) is 1. The van der Waals surface area contributed by atoms with Gasteiger partial charge >= 0.3 is 11.9 Å². The van der Waals surface area contributed by atoms with E-state index in [1.807, 2.05) is 6.08 Å². The summed E-state index contributed by atoms with van der Waals surface area (Å²) < 4.78 is 17.3. The number of rotatable bonds is 9. The number of phenolic OH excluding ortho intramolecular Hbond substituents is 1. The first kappa shape index (κ1) is 39.6. The second-order valence-electron chi connectivity index (χ2n) is 18.3. The second kappa shape index (κ2) is 17.1. The van der Waals surface area contributed by atoms with Crippen molar-refractivity contribution in [1.29, 1.82) is 0 Å². The van der Waals surface area contributed by atoms with Gasteiger partial charge in [0.2, 0.25) is 0 Å². The third-order valence-corrected chi connectivity index (χ3v) is 14.4. The lowest BCUT2D eigenvalue weighted by atomic mass is 9.47. The molecular formula is C46H66O7. The van der Waals surface area contributed by atoms with Gasteiger partial charge in [-0.25, -0.2) is 9.59 Å². The average Bonchev–Trinajstić information content (AvgIpc) is 3.47. The third kappa shape index (κ3) is 8.91. The number of ether oxygens (including phenoxy) is 3.